The predicted octanol–water partition coefficient (Wildman–Crippen LogP) is 2.15. The number of aromatic nitrogens is 1. The highest BCUT2D eigenvalue weighted by Gasteiger charge is 2.11. The molecule has 7 heteroatoms. The highest BCUT2D eigenvalue weighted by atomic mass is 16.5. The lowest BCUT2D eigenvalue weighted by molar-refractivity contribution is -0.118. The second-order valence-corrected chi connectivity index (χ2v) is 4.68. The standard InChI is InChI=1S/C16H14N2O5/c1-21-11-6-2-3-7-12(11)22-9-14(19)17-10-5-4-8-13-15(10)18-16(20)23-13/h2-8H,9H2,1H3,(H,17,19)(H,18,20). The minimum atomic E-state index is -0.577. The van der Waals surface area contributed by atoms with Gasteiger partial charge in [0.25, 0.3) is 5.91 Å². The SMILES string of the molecule is COc1ccccc1OCC(=O)Nc1cccc2oc(=O)[nH]c12. The van der Waals surface area contributed by atoms with Gasteiger partial charge in [0.15, 0.2) is 23.7 Å². The van der Waals surface area contributed by atoms with Gasteiger partial charge in [0.05, 0.1) is 12.8 Å². The number of benzene rings is 2. The van der Waals surface area contributed by atoms with Crippen molar-refractivity contribution in [1.29, 1.82) is 0 Å². The largest absolute Gasteiger partial charge is 0.493 e. The Balaban J connectivity index is 1.70. The van der Waals surface area contributed by atoms with Crippen molar-refractivity contribution in [1.82, 2.24) is 4.98 Å². The van der Waals surface area contributed by atoms with Gasteiger partial charge in [-0.1, -0.05) is 18.2 Å². The van der Waals surface area contributed by atoms with Crippen LogP contribution < -0.4 is 20.5 Å². The van der Waals surface area contributed by atoms with Gasteiger partial charge < -0.3 is 19.2 Å². The zero-order valence-electron chi connectivity index (χ0n) is 12.3. The second-order valence-electron chi connectivity index (χ2n) is 4.68. The third kappa shape index (κ3) is 3.18. The third-order valence-electron chi connectivity index (χ3n) is 3.16. The van der Waals surface area contributed by atoms with Crippen LogP contribution in [0.25, 0.3) is 11.1 Å². The number of anilines is 1. The van der Waals surface area contributed by atoms with E-state index in [2.05, 4.69) is 10.3 Å². The van der Waals surface area contributed by atoms with E-state index in [1.54, 1.807) is 36.4 Å². The number of oxazole rings is 1. The van der Waals surface area contributed by atoms with Gasteiger partial charge in [-0.05, 0) is 24.3 Å². The van der Waals surface area contributed by atoms with Gasteiger partial charge in [0, 0.05) is 0 Å². The maximum atomic E-state index is 12.0. The van der Waals surface area contributed by atoms with E-state index in [0.717, 1.165) is 0 Å². The van der Waals surface area contributed by atoms with Crippen molar-refractivity contribution in [3.63, 3.8) is 0 Å². The van der Waals surface area contributed by atoms with E-state index in [0.29, 0.717) is 28.3 Å². The Bertz CT molecular complexity index is 897. The number of methoxy groups -OCH3 is 1. The lowest BCUT2D eigenvalue weighted by Crippen LogP contribution is -2.20. The van der Waals surface area contributed by atoms with Crippen molar-refractivity contribution in [2.24, 2.45) is 0 Å². The molecular weight excluding hydrogens is 300 g/mol. The molecular formula is C16H14N2O5. The fourth-order valence-corrected chi connectivity index (χ4v) is 2.14. The molecule has 3 rings (SSSR count). The number of carbonyl (C=O) groups is 1. The lowest BCUT2D eigenvalue weighted by Gasteiger charge is -2.10. The summed E-state index contributed by atoms with van der Waals surface area (Å²) < 4.78 is 15.5. The minimum absolute atomic E-state index is 0.196. The van der Waals surface area contributed by atoms with Crippen LogP contribution in [0.3, 0.4) is 0 Å². The maximum absolute atomic E-state index is 12.0. The monoisotopic (exact) mass is 314 g/mol. The molecule has 23 heavy (non-hydrogen) atoms. The topological polar surface area (TPSA) is 93.6 Å². The Morgan fingerprint density at radius 2 is 1.96 bits per heavy atom. The number of hydrogen-bond donors (Lipinski definition) is 2. The van der Waals surface area contributed by atoms with Crippen LogP contribution in [0.4, 0.5) is 5.69 Å². The van der Waals surface area contributed by atoms with Gasteiger partial charge in [0.1, 0.15) is 5.52 Å². The second kappa shape index (κ2) is 6.27. The average molecular weight is 314 g/mol. The van der Waals surface area contributed by atoms with Gasteiger partial charge >= 0.3 is 5.76 Å². The number of ether oxygens (including phenoxy) is 2. The summed E-state index contributed by atoms with van der Waals surface area (Å²) >= 11 is 0. The summed E-state index contributed by atoms with van der Waals surface area (Å²) in [4.78, 5) is 25.8. The summed E-state index contributed by atoms with van der Waals surface area (Å²) in [5, 5.41) is 2.67. The van der Waals surface area contributed by atoms with Crippen LogP contribution in [-0.4, -0.2) is 24.6 Å². The molecule has 0 saturated carbocycles. The normalized spacial score (nSPS) is 10.5. The van der Waals surface area contributed by atoms with Gasteiger partial charge in [-0.15, -0.1) is 0 Å². The van der Waals surface area contributed by atoms with Crippen molar-refractivity contribution in [3.05, 3.63) is 53.0 Å². The number of hydrogen-bond acceptors (Lipinski definition) is 5. The Morgan fingerprint density at radius 1 is 1.17 bits per heavy atom. The van der Waals surface area contributed by atoms with Crippen LogP contribution in [0.2, 0.25) is 0 Å². The molecule has 0 bridgehead atoms. The summed E-state index contributed by atoms with van der Waals surface area (Å²) in [6, 6.07) is 12.0. The first-order valence-electron chi connectivity index (χ1n) is 6.85. The number of nitrogens with one attached hydrogen (secondary N) is 2. The molecule has 0 aliphatic carbocycles. The summed E-state index contributed by atoms with van der Waals surface area (Å²) in [5.74, 6) is 0.0686. The Kier molecular flexibility index (Phi) is 4.01. The molecule has 118 valence electrons. The van der Waals surface area contributed by atoms with E-state index in [4.69, 9.17) is 13.9 Å². The van der Waals surface area contributed by atoms with Crippen molar-refractivity contribution >= 4 is 22.7 Å². The van der Waals surface area contributed by atoms with Gasteiger partial charge in [-0.2, -0.15) is 0 Å². The number of amides is 1. The first-order valence-corrected chi connectivity index (χ1v) is 6.85. The van der Waals surface area contributed by atoms with Crippen LogP contribution in [0.1, 0.15) is 0 Å². The molecule has 0 fully saturated rings. The molecule has 0 radical (unpaired) electrons. The number of aromatic amines is 1. The van der Waals surface area contributed by atoms with E-state index in [1.807, 2.05) is 6.07 Å². The molecule has 3 aromatic rings. The number of fused-ring (bicyclic) bond motifs is 1. The van der Waals surface area contributed by atoms with Gasteiger partial charge in [-0.3, -0.25) is 9.78 Å². The maximum Gasteiger partial charge on any atom is 0.417 e. The van der Waals surface area contributed by atoms with E-state index in [1.165, 1.54) is 7.11 Å². The molecule has 2 aromatic carbocycles. The minimum Gasteiger partial charge on any atom is -0.493 e. The highest BCUT2D eigenvalue weighted by Crippen LogP contribution is 2.26. The van der Waals surface area contributed by atoms with Crippen LogP contribution in [0.5, 0.6) is 11.5 Å². The number of rotatable bonds is 5. The fourth-order valence-electron chi connectivity index (χ4n) is 2.14. The zero-order chi connectivity index (χ0) is 16.2. The van der Waals surface area contributed by atoms with Crippen molar-refractivity contribution in [2.45, 2.75) is 0 Å². The van der Waals surface area contributed by atoms with E-state index < -0.39 is 5.76 Å². The van der Waals surface area contributed by atoms with Crippen LogP contribution in [-0.2, 0) is 4.79 Å². The fraction of sp³-hybridized carbons (Fsp3) is 0.125. The highest BCUT2D eigenvalue weighted by molar-refractivity contribution is 5.99. The van der Waals surface area contributed by atoms with Crippen LogP contribution >= 0.6 is 0 Å². The third-order valence-corrected chi connectivity index (χ3v) is 3.16. The van der Waals surface area contributed by atoms with Gasteiger partial charge in [-0.25, -0.2) is 4.79 Å². The summed E-state index contributed by atoms with van der Waals surface area (Å²) in [6.45, 7) is -0.196. The van der Waals surface area contributed by atoms with Crippen molar-refractivity contribution in [3.8, 4) is 11.5 Å². The first-order chi connectivity index (χ1) is 11.2. The van der Waals surface area contributed by atoms with Gasteiger partial charge in [0.2, 0.25) is 0 Å². The van der Waals surface area contributed by atoms with E-state index in [-0.39, 0.29) is 12.5 Å². The molecule has 0 saturated heterocycles. The molecule has 1 heterocycles. The Labute approximate surface area is 130 Å². The molecule has 1 amide bonds. The molecule has 0 spiro atoms. The summed E-state index contributed by atoms with van der Waals surface area (Å²) in [6.07, 6.45) is 0. The quantitative estimate of drug-likeness (QED) is 0.752. The summed E-state index contributed by atoms with van der Waals surface area (Å²) in [7, 11) is 1.53. The molecule has 7 nitrogen and oxygen atoms in total. The van der Waals surface area contributed by atoms with Crippen molar-refractivity contribution < 1.29 is 18.7 Å². The average Bonchev–Trinajstić information content (AvgIpc) is 2.94. The molecule has 2 N–H and O–H groups in total. The predicted molar refractivity (Wildman–Crippen MR) is 84.0 cm³/mol. The molecule has 1 aromatic heterocycles. The smallest absolute Gasteiger partial charge is 0.417 e. The van der Waals surface area contributed by atoms with Crippen LogP contribution in [0.15, 0.2) is 51.7 Å². The number of para-hydroxylation sites is 3. The molecule has 0 aliphatic rings. The van der Waals surface area contributed by atoms with Crippen LogP contribution in [0, 0.1) is 0 Å². The zero-order valence-corrected chi connectivity index (χ0v) is 12.3. The first kappa shape index (κ1) is 14.7. The molecule has 0 unspecified atom stereocenters. The Morgan fingerprint density at radius 3 is 2.74 bits per heavy atom. The number of carbonyl (C=O) groups excluding carboxylic acids is 1. The van der Waals surface area contributed by atoms with E-state index in [9.17, 15) is 9.59 Å². The lowest BCUT2D eigenvalue weighted by atomic mass is 10.3. The molecule has 0 aliphatic heterocycles. The van der Waals surface area contributed by atoms with Crippen molar-refractivity contribution in [2.75, 3.05) is 19.0 Å². The van der Waals surface area contributed by atoms with E-state index >= 15 is 0 Å². The summed E-state index contributed by atoms with van der Waals surface area (Å²) in [5.41, 5.74) is 1.25. The number of H-pyrrole nitrogens is 1. The molecule has 0 atom stereocenters. The Hall–Kier alpha value is -3.22.